The van der Waals surface area contributed by atoms with Crippen LogP contribution in [0.5, 0.6) is 0 Å². The summed E-state index contributed by atoms with van der Waals surface area (Å²) in [5.41, 5.74) is 35.1. The zero-order valence-electron chi connectivity index (χ0n) is 77.0. The molecule has 25 aromatic rings. The van der Waals surface area contributed by atoms with Crippen LogP contribution in [0.1, 0.15) is 127 Å². The maximum Gasteiger partial charge on any atom is 0.299 e. The maximum absolute atomic E-state index is 6.48. The molecule has 20 heteroatoms. The van der Waals surface area contributed by atoms with Crippen LogP contribution < -0.4 is 22.8 Å². The van der Waals surface area contributed by atoms with Gasteiger partial charge in [-0.3, -0.25) is 0 Å². The van der Waals surface area contributed by atoms with Crippen LogP contribution in [0.25, 0.3) is 222 Å². The summed E-state index contributed by atoms with van der Waals surface area (Å²) < 4.78 is 71.7. The summed E-state index contributed by atoms with van der Waals surface area (Å²) in [5, 5.41) is 12.6. The van der Waals surface area contributed by atoms with Gasteiger partial charge in [-0.1, -0.05) is 154 Å². The van der Waals surface area contributed by atoms with Crippen LogP contribution in [-0.2, 0) is 35.2 Å². The first kappa shape index (κ1) is 82.7. The lowest BCUT2D eigenvalue weighted by Gasteiger charge is -2.19. The highest BCUT2D eigenvalue weighted by molar-refractivity contribution is 6.21. The molecule has 660 valence electrons. The number of rotatable bonds is 7. The number of para-hydroxylation sites is 5. The number of benzene rings is 10. The van der Waals surface area contributed by atoms with E-state index in [0.717, 1.165) is 222 Å². The van der Waals surface area contributed by atoms with E-state index in [-0.39, 0.29) is 0 Å². The van der Waals surface area contributed by atoms with Gasteiger partial charge in [0.2, 0.25) is 0 Å². The van der Waals surface area contributed by atoms with Crippen LogP contribution in [0.2, 0.25) is 0 Å². The number of fused-ring (bicyclic) bond motifs is 25. The van der Waals surface area contributed by atoms with Gasteiger partial charge < -0.3 is 44.2 Å². The van der Waals surface area contributed by atoms with E-state index in [1.54, 1.807) is 12.5 Å². The summed E-state index contributed by atoms with van der Waals surface area (Å²) in [5.74, 6) is 2.34. The molecule has 2 aliphatic rings. The van der Waals surface area contributed by atoms with Crippen LogP contribution in [0.4, 0.5) is 0 Å². The minimum atomic E-state index is 0.565. The van der Waals surface area contributed by atoms with Crippen molar-refractivity contribution >= 4 is 166 Å². The summed E-state index contributed by atoms with van der Waals surface area (Å²) in [6.45, 7) is 14.7. The minimum absolute atomic E-state index is 0.565. The van der Waals surface area contributed by atoms with Crippen LogP contribution in [0.3, 0.4) is 0 Å². The molecule has 0 unspecified atom stereocenters. The number of hydrogen-bond donors (Lipinski definition) is 0. The third kappa shape index (κ3) is 14.3. The highest BCUT2D eigenvalue weighted by atomic mass is 16.5. The Kier molecular flexibility index (Phi) is 20.5. The molecule has 10 aromatic carbocycles. The summed E-state index contributed by atoms with van der Waals surface area (Å²) in [6.07, 6.45) is 24.1. The van der Waals surface area contributed by atoms with Gasteiger partial charge in [0.25, 0.3) is 43.2 Å². The molecule has 15 heterocycles. The molecule has 0 amide bonds. The standard InChI is InChI=1S/2C26H25N2O2.2C21H17N2O2.C20H15N2O2/c1-16-12-20-24(30-26-25(20)18-10-6-7-11-23(18)29-26)13-19(16)22-14-21(27-15-28(22)2)17-8-4-3-5-9-17;1-16-12-13-19-24(30-25-18-10-6-7-11-22(18)29-26(19)25)23(16)21-14-20(27-15-28(21)2)17-8-4-3-5-9-17;1-12-8-16-19(10-15(12)17-9-13(2)22-11-23(17)3)25-21-20(16)14-6-4-5-7-18(14)24-21;1-12-8-9-15-19(18(12)16-10-13(2)22-11-23(16)3)25-20-14-6-4-5-7-17(14)24-21(15)20;1-12-7-8-14-18(17(12)15-9-10-21-11-22(15)2)24-19-13-5-3-4-6-16(13)23-20(14)19/h2*6-7,10-15,17H,3-5,8-9H2,1-2H3;2*4-11H,1-3H3;3-11H,1-2H3/q5*+1. The van der Waals surface area contributed by atoms with E-state index < -0.39 is 0 Å². The monoisotopic (exact) mass is 1770 g/mol. The second kappa shape index (κ2) is 33.3. The number of nitrogens with zero attached hydrogens (tertiary/aromatic N) is 10. The Morgan fingerprint density at radius 3 is 0.978 bits per heavy atom. The second-order valence-electron chi connectivity index (χ2n) is 36.4. The average Bonchev–Trinajstić information content (AvgIpc) is 1.59. The summed E-state index contributed by atoms with van der Waals surface area (Å²) in [6, 6.07) is 72.3. The van der Waals surface area contributed by atoms with Crippen molar-refractivity contribution in [3.63, 3.8) is 0 Å². The quantitative estimate of drug-likeness (QED) is 0.136. The molecule has 0 radical (unpaired) electrons. The van der Waals surface area contributed by atoms with E-state index in [2.05, 4.69) is 176 Å². The van der Waals surface area contributed by atoms with Crippen LogP contribution in [-0.4, -0.2) is 24.9 Å². The maximum atomic E-state index is 6.48. The fourth-order valence-electron chi connectivity index (χ4n) is 20.6. The summed E-state index contributed by atoms with van der Waals surface area (Å²) in [7, 11) is 10.1. The van der Waals surface area contributed by atoms with Gasteiger partial charge >= 0.3 is 0 Å². The molecule has 27 rings (SSSR count). The molecule has 0 bridgehead atoms. The predicted molar refractivity (Wildman–Crippen MR) is 524 cm³/mol. The minimum Gasteiger partial charge on any atom is -0.452 e. The van der Waals surface area contributed by atoms with Crippen molar-refractivity contribution in [1.29, 1.82) is 0 Å². The van der Waals surface area contributed by atoms with Gasteiger partial charge in [0, 0.05) is 88.7 Å². The number of hydrogen-bond acceptors (Lipinski definition) is 15. The molecular weight excluding hydrogens is 1670 g/mol. The first-order valence-electron chi connectivity index (χ1n) is 46.2. The van der Waals surface area contributed by atoms with Crippen molar-refractivity contribution in [1.82, 2.24) is 24.9 Å². The zero-order valence-corrected chi connectivity index (χ0v) is 77.0. The third-order valence-electron chi connectivity index (χ3n) is 27.5. The van der Waals surface area contributed by atoms with Crippen LogP contribution in [0.15, 0.2) is 294 Å². The number of furan rings is 10. The second-order valence-corrected chi connectivity index (χ2v) is 36.4. The molecular formula is C114H99N10O10+5. The lowest BCUT2D eigenvalue weighted by Crippen LogP contribution is -2.32. The lowest BCUT2D eigenvalue weighted by molar-refractivity contribution is -0.663. The van der Waals surface area contributed by atoms with Crippen molar-refractivity contribution in [3.8, 4) is 56.3 Å². The van der Waals surface area contributed by atoms with E-state index in [0.29, 0.717) is 23.4 Å². The van der Waals surface area contributed by atoms with Gasteiger partial charge in [0.15, 0.2) is 73.0 Å². The normalized spacial score (nSPS) is 13.5. The zero-order chi connectivity index (χ0) is 91.0. The van der Waals surface area contributed by atoms with Crippen molar-refractivity contribution < 1.29 is 67.0 Å². The fourth-order valence-corrected chi connectivity index (χ4v) is 20.6. The van der Waals surface area contributed by atoms with Gasteiger partial charge in [-0.25, -0.2) is 22.8 Å². The van der Waals surface area contributed by atoms with E-state index in [1.807, 2.05) is 183 Å². The van der Waals surface area contributed by atoms with E-state index in [4.69, 9.17) is 54.1 Å². The van der Waals surface area contributed by atoms with E-state index in [1.165, 1.54) is 104 Å². The van der Waals surface area contributed by atoms with Crippen molar-refractivity contribution in [3.05, 3.63) is 301 Å². The molecule has 0 atom stereocenters. The summed E-state index contributed by atoms with van der Waals surface area (Å²) >= 11 is 0. The van der Waals surface area contributed by atoms with Gasteiger partial charge in [0.05, 0.1) is 95.0 Å². The van der Waals surface area contributed by atoms with Crippen molar-refractivity contribution in [2.75, 3.05) is 0 Å². The Hall–Kier alpha value is -15.7. The van der Waals surface area contributed by atoms with Gasteiger partial charge in [-0.2, -0.15) is 0 Å². The number of aromatic nitrogens is 10. The molecule has 0 saturated heterocycles. The van der Waals surface area contributed by atoms with Crippen molar-refractivity contribution in [2.24, 2.45) is 35.2 Å². The van der Waals surface area contributed by atoms with Gasteiger partial charge in [-0.15, -0.1) is 0 Å². The SMILES string of the molecule is Cc1cc(-c2c(C)ccc3c2oc2c4ccccc4oc32)[n+](C)cn1.Cc1cc(-c2cc3oc4oc5ccccc5c4c3cc2C)[n+](C)cn1.Cc1cc2c(cc1-c1cc(C3CCCCC3)nc[n+]1C)oc1oc3ccccc3c12.Cc1ccc2c(oc3c4ccccc4oc23)c1-c1cc(C2CCCCC2)nc[n+]1C.Cc1ccc2c(oc3c4ccccc4oc23)c1-c1ccnc[n+]1C. The molecule has 20 nitrogen and oxygen atoms in total. The molecule has 2 aliphatic carbocycles. The molecule has 134 heavy (non-hydrogen) atoms. The Labute approximate surface area is 769 Å². The van der Waals surface area contributed by atoms with E-state index >= 15 is 0 Å². The highest BCUT2D eigenvalue weighted by Crippen LogP contribution is 2.48. The first-order chi connectivity index (χ1) is 65.4. The fraction of sp³-hybridized carbons (Fsp3) is 0.211. The molecule has 2 fully saturated rings. The smallest absolute Gasteiger partial charge is 0.299 e. The Morgan fingerprint density at radius 2 is 0.567 bits per heavy atom. The molecule has 15 aromatic heterocycles. The number of aryl methyl sites for hydroxylation is 12. The van der Waals surface area contributed by atoms with E-state index in [9.17, 15) is 0 Å². The summed E-state index contributed by atoms with van der Waals surface area (Å²) in [4.78, 5) is 22.4. The lowest BCUT2D eigenvalue weighted by atomic mass is 9.86. The first-order valence-corrected chi connectivity index (χ1v) is 46.2. The van der Waals surface area contributed by atoms with Gasteiger partial charge in [-0.05, 0) is 179 Å². The molecule has 0 N–H and O–H groups in total. The Bertz CT molecular complexity index is 8990. The highest BCUT2D eigenvalue weighted by Gasteiger charge is 2.32. The average molecular weight is 1770 g/mol. The molecule has 0 aliphatic heterocycles. The predicted octanol–water partition coefficient (Wildman–Crippen LogP) is 27.3. The molecule has 0 spiro atoms. The van der Waals surface area contributed by atoms with Crippen LogP contribution in [0, 0.1) is 48.5 Å². The Morgan fingerprint density at radius 1 is 0.246 bits per heavy atom. The third-order valence-corrected chi connectivity index (χ3v) is 27.5. The molecule has 2 saturated carbocycles. The van der Waals surface area contributed by atoms with Gasteiger partial charge in [0.1, 0.15) is 73.7 Å². The topological polar surface area (TPSA) is 215 Å². The van der Waals surface area contributed by atoms with Crippen molar-refractivity contribution in [2.45, 2.75) is 125 Å². The largest absolute Gasteiger partial charge is 0.452 e. The van der Waals surface area contributed by atoms with Crippen LogP contribution >= 0.6 is 0 Å². The Balaban J connectivity index is 0.0000000949.